The van der Waals surface area contributed by atoms with Gasteiger partial charge in [-0.15, -0.1) is 0 Å². The highest BCUT2D eigenvalue weighted by molar-refractivity contribution is 5.73. The van der Waals surface area contributed by atoms with Crippen LogP contribution in [0, 0.1) is 0 Å². The molecule has 0 bridgehead atoms. The predicted molar refractivity (Wildman–Crippen MR) is 67.2 cm³/mol. The number of carbonyl (C=O) groups is 1. The first-order valence-electron chi connectivity index (χ1n) is 5.61. The van der Waals surface area contributed by atoms with Gasteiger partial charge in [0.25, 0.3) is 0 Å². The van der Waals surface area contributed by atoms with Crippen molar-refractivity contribution in [2.24, 2.45) is 5.73 Å². The first kappa shape index (κ1) is 13.3. The Morgan fingerprint density at radius 1 is 1.24 bits per heavy atom. The van der Waals surface area contributed by atoms with Crippen LogP contribution in [0.25, 0.3) is 0 Å². The molecule has 17 heavy (non-hydrogen) atoms. The molecule has 0 saturated heterocycles. The number of hydrogen-bond donors (Lipinski definition) is 3. The molecule has 5 heteroatoms. The second-order valence-electron chi connectivity index (χ2n) is 3.57. The van der Waals surface area contributed by atoms with Crippen molar-refractivity contribution in [3.05, 3.63) is 29.8 Å². The van der Waals surface area contributed by atoms with Gasteiger partial charge < -0.3 is 21.1 Å². The maximum Gasteiger partial charge on any atom is 0.314 e. The van der Waals surface area contributed by atoms with Gasteiger partial charge in [0, 0.05) is 19.6 Å². The van der Waals surface area contributed by atoms with Crippen molar-refractivity contribution in [2.75, 3.05) is 26.7 Å². The van der Waals surface area contributed by atoms with E-state index >= 15 is 0 Å². The van der Waals surface area contributed by atoms with Gasteiger partial charge in [-0.25, -0.2) is 4.79 Å². The van der Waals surface area contributed by atoms with Gasteiger partial charge in [0.05, 0.1) is 7.11 Å². The summed E-state index contributed by atoms with van der Waals surface area (Å²) in [5, 5.41) is 5.40. The van der Waals surface area contributed by atoms with Gasteiger partial charge in [-0.1, -0.05) is 12.1 Å². The lowest BCUT2D eigenvalue weighted by Gasteiger charge is -2.07. The molecule has 0 saturated carbocycles. The molecule has 94 valence electrons. The molecule has 5 nitrogen and oxygen atoms in total. The lowest BCUT2D eigenvalue weighted by molar-refractivity contribution is 0.241. The van der Waals surface area contributed by atoms with Gasteiger partial charge >= 0.3 is 6.03 Å². The van der Waals surface area contributed by atoms with Crippen LogP contribution < -0.4 is 21.1 Å². The summed E-state index contributed by atoms with van der Waals surface area (Å²) in [5.41, 5.74) is 6.43. The second kappa shape index (κ2) is 7.51. The lowest BCUT2D eigenvalue weighted by Crippen LogP contribution is -2.39. The summed E-state index contributed by atoms with van der Waals surface area (Å²) >= 11 is 0. The van der Waals surface area contributed by atoms with E-state index < -0.39 is 0 Å². The lowest BCUT2D eigenvalue weighted by atomic mass is 10.1. The van der Waals surface area contributed by atoms with Crippen LogP contribution in [0.4, 0.5) is 4.79 Å². The number of nitrogens with one attached hydrogen (secondary N) is 2. The maximum absolute atomic E-state index is 11.2. The van der Waals surface area contributed by atoms with E-state index in [1.54, 1.807) is 7.11 Å². The summed E-state index contributed by atoms with van der Waals surface area (Å²) in [4.78, 5) is 11.2. The summed E-state index contributed by atoms with van der Waals surface area (Å²) in [5.74, 6) is 0.836. The molecule has 0 spiro atoms. The molecule has 4 N–H and O–H groups in total. The molecule has 0 radical (unpaired) electrons. The summed E-state index contributed by atoms with van der Waals surface area (Å²) in [7, 11) is 1.64. The fraction of sp³-hybridized carbons (Fsp3) is 0.417. The number of carbonyl (C=O) groups excluding carboxylic acids is 1. The predicted octanol–water partition coefficient (Wildman–Crippen LogP) is 0.496. The van der Waals surface area contributed by atoms with E-state index in [0.29, 0.717) is 19.6 Å². The van der Waals surface area contributed by atoms with Crippen LogP contribution in [0.15, 0.2) is 24.3 Å². The van der Waals surface area contributed by atoms with Gasteiger partial charge in [-0.3, -0.25) is 0 Å². The summed E-state index contributed by atoms with van der Waals surface area (Å²) in [6.45, 7) is 1.54. The summed E-state index contributed by atoms with van der Waals surface area (Å²) in [6.07, 6.45) is 0.792. The third-order valence-corrected chi connectivity index (χ3v) is 2.29. The van der Waals surface area contributed by atoms with Crippen LogP contribution >= 0.6 is 0 Å². The SMILES string of the molecule is COc1ccc(CCNC(=O)NCCN)cc1. The largest absolute Gasteiger partial charge is 0.497 e. The van der Waals surface area contributed by atoms with E-state index in [2.05, 4.69) is 10.6 Å². The summed E-state index contributed by atoms with van der Waals surface area (Å²) in [6, 6.07) is 7.61. The number of benzene rings is 1. The van der Waals surface area contributed by atoms with E-state index in [0.717, 1.165) is 17.7 Å². The molecule has 1 aromatic rings. The van der Waals surface area contributed by atoms with Crippen molar-refractivity contribution >= 4 is 6.03 Å². The highest BCUT2D eigenvalue weighted by Gasteiger charge is 1.98. The molecule has 0 aliphatic carbocycles. The van der Waals surface area contributed by atoms with Crippen LogP contribution in [0.5, 0.6) is 5.75 Å². The highest BCUT2D eigenvalue weighted by atomic mass is 16.5. The molecule has 0 aliphatic heterocycles. The quantitative estimate of drug-likeness (QED) is 0.674. The smallest absolute Gasteiger partial charge is 0.314 e. The average molecular weight is 237 g/mol. The Morgan fingerprint density at radius 2 is 1.88 bits per heavy atom. The van der Waals surface area contributed by atoms with Crippen LogP contribution in [-0.2, 0) is 6.42 Å². The monoisotopic (exact) mass is 237 g/mol. The second-order valence-corrected chi connectivity index (χ2v) is 3.57. The molecular formula is C12H19N3O2. The number of ether oxygens (including phenoxy) is 1. The Morgan fingerprint density at radius 3 is 2.47 bits per heavy atom. The number of urea groups is 1. The maximum atomic E-state index is 11.2. The zero-order valence-corrected chi connectivity index (χ0v) is 10.0. The van der Waals surface area contributed by atoms with E-state index in [-0.39, 0.29) is 6.03 Å². The van der Waals surface area contributed by atoms with Crippen LogP contribution in [-0.4, -0.2) is 32.8 Å². The van der Waals surface area contributed by atoms with Gasteiger partial charge in [-0.05, 0) is 24.1 Å². The van der Waals surface area contributed by atoms with Gasteiger partial charge in [0.15, 0.2) is 0 Å². The Balaban J connectivity index is 2.23. The molecule has 1 aromatic carbocycles. The minimum Gasteiger partial charge on any atom is -0.497 e. The van der Waals surface area contributed by atoms with Crippen molar-refractivity contribution in [3.8, 4) is 5.75 Å². The topological polar surface area (TPSA) is 76.4 Å². The zero-order valence-electron chi connectivity index (χ0n) is 10.0. The van der Waals surface area contributed by atoms with Crippen LogP contribution in [0.2, 0.25) is 0 Å². The van der Waals surface area contributed by atoms with Crippen molar-refractivity contribution < 1.29 is 9.53 Å². The van der Waals surface area contributed by atoms with Gasteiger partial charge in [0.1, 0.15) is 5.75 Å². The van der Waals surface area contributed by atoms with Crippen molar-refractivity contribution in [1.29, 1.82) is 0 Å². The molecule has 0 fully saturated rings. The Labute approximate surface area is 101 Å². The summed E-state index contributed by atoms with van der Waals surface area (Å²) < 4.78 is 5.06. The van der Waals surface area contributed by atoms with Crippen LogP contribution in [0.3, 0.4) is 0 Å². The van der Waals surface area contributed by atoms with Crippen molar-refractivity contribution in [1.82, 2.24) is 10.6 Å². The molecule has 0 unspecified atom stereocenters. The molecular weight excluding hydrogens is 218 g/mol. The fourth-order valence-corrected chi connectivity index (χ4v) is 1.36. The minimum atomic E-state index is -0.177. The Hall–Kier alpha value is -1.75. The average Bonchev–Trinajstić information content (AvgIpc) is 2.37. The molecule has 1 rings (SSSR count). The van der Waals surface area contributed by atoms with E-state index in [9.17, 15) is 4.79 Å². The normalized spacial score (nSPS) is 9.76. The van der Waals surface area contributed by atoms with E-state index in [1.165, 1.54) is 0 Å². The minimum absolute atomic E-state index is 0.177. The molecule has 0 atom stereocenters. The number of rotatable bonds is 6. The molecule has 0 aromatic heterocycles. The van der Waals surface area contributed by atoms with E-state index in [1.807, 2.05) is 24.3 Å². The third-order valence-electron chi connectivity index (χ3n) is 2.29. The van der Waals surface area contributed by atoms with Crippen molar-refractivity contribution in [3.63, 3.8) is 0 Å². The molecule has 0 aliphatic rings. The Kier molecular flexibility index (Phi) is 5.88. The van der Waals surface area contributed by atoms with E-state index in [4.69, 9.17) is 10.5 Å². The van der Waals surface area contributed by atoms with Gasteiger partial charge in [0.2, 0.25) is 0 Å². The number of hydrogen-bond acceptors (Lipinski definition) is 3. The first-order chi connectivity index (χ1) is 8.26. The highest BCUT2D eigenvalue weighted by Crippen LogP contribution is 2.11. The first-order valence-corrected chi connectivity index (χ1v) is 5.61. The van der Waals surface area contributed by atoms with Crippen molar-refractivity contribution in [2.45, 2.75) is 6.42 Å². The zero-order chi connectivity index (χ0) is 12.5. The third kappa shape index (κ3) is 5.21. The van der Waals surface area contributed by atoms with Crippen LogP contribution in [0.1, 0.15) is 5.56 Å². The van der Waals surface area contributed by atoms with Gasteiger partial charge in [-0.2, -0.15) is 0 Å². The number of nitrogens with two attached hydrogens (primary N) is 1. The Bertz CT molecular complexity index is 338. The fourth-order valence-electron chi connectivity index (χ4n) is 1.36. The standard InChI is InChI=1S/C12H19N3O2/c1-17-11-4-2-10(3-5-11)6-8-14-12(16)15-9-7-13/h2-5H,6-9,13H2,1H3,(H2,14,15,16). The molecule has 2 amide bonds. The molecule has 0 heterocycles. The number of amides is 2. The number of methoxy groups -OCH3 is 1.